The second kappa shape index (κ2) is 5.61. The lowest BCUT2D eigenvalue weighted by Crippen LogP contribution is -2.50. The molecule has 0 spiro atoms. The fourth-order valence-corrected chi connectivity index (χ4v) is 4.11. The molecule has 4 rings (SSSR count). The molecule has 0 saturated carbocycles. The second-order valence-corrected chi connectivity index (χ2v) is 6.76. The summed E-state index contributed by atoms with van der Waals surface area (Å²) in [5.74, 6) is 2.01. The van der Waals surface area contributed by atoms with E-state index in [1.807, 2.05) is 6.07 Å². The number of likely N-dealkylation sites (tertiary alicyclic amines) is 1. The van der Waals surface area contributed by atoms with Gasteiger partial charge in [0.05, 0.1) is 11.6 Å². The molecule has 22 heavy (non-hydrogen) atoms. The minimum Gasteiger partial charge on any atom is -0.490 e. The standard InChI is InChI=1S/C16H20ClN3O2/c17-11-8-14-16(18-10-11)20-6-3-12(9-13(20)4-7-22-14)19-5-1-2-15(19)21/h8,10,12-13H,1-7,9H2. The fourth-order valence-electron chi connectivity index (χ4n) is 3.96. The van der Waals surface area contributed by atoms with Crippen LogP contribution in [0.5, 0.6) is 5.75 Å². The molecule has 1 aromatic heterocycles. The van der Waals surface area contributed by atoms with Crippen molar-refractivity contribution in [3.8, 4) is 5.75 Å². The van der Waals surface area contributed by atoms with Crippen molar-refractivity contribution in [2.45, 2.75) is 44.2 Å². The molecular formula is C16H20ClN3O2. The van der Waals surface area contributed by atoms with E-state index in [0.29, 0.717) is 29.6 Å². The predicted octanol–water partition coefficient (Wildman–Crippen LogP) is 2.48. The third-order valence-electron chi connectivity index (χ3n) is 5.02. The summed E-state index contributed by atoms with van der Waals surface area (Å²) in [6.07, 6.45) is 6.39. The fraction of sp³-hybridized carbons (Fsp3) is 0.625. The highest BCUT2D eigenvalue weighted by atomic mass is 35.5. The molecule has 2 atom stereocenters. The van der Waals surface area contributed by atoms with Crippen molar-refractivity contribution in [3.05, 3.63) is 17.3 Å². The van der Waals surface area contributed by atoms with Gasteiger partial charge >= 0.3 is 0 Å². The van der Waals surface area contributed by atoms with Gasteiger partial charge in [0.2, 0.25) is 5.91 Å². The zero-order chi connectivity index (χ0) is 15.1. The Labute approximate surface area is 135 Å². The Morgan fingerprint density at radius 2 is 2.09 bits per heavy atom. The molecule has 3 aliphatic heterocycles. The minimum absolute atomic E-state index is 0.327. The van der Waals surface area contributed by atoms with E-state index in [0.717, 1.165) is 56.8 Å². The normalized spacial score (nSPS) is 28.0. The predicted molar refractivity (Wildman–Crippen MR) is 84.5 cm³/mol. The zero-order valence-corrected chi connectivity index (χ0v) is 13.3. The smallest absolute Gasteiger partial charge is 0.222 e. The van der Waals surface area contributed by atoms with Crippen LogP contribution in [-0.4, -0.2) is 47.6 Å². The third-order valence-corrected chi connectivity index (χ3v) is 5.23. The van der Waals surface area contributed by atoms with Crippen LogP contribution in [0.1, 0.15) is 32.1 Å². The molecule has 1 aromatic rings. The molecule has 1 amide bonds. The first-order valence-electron chi connectivity index (χ1n) is 8.07. The summed E-state index contributed by atoms with van der Waals surface area (Å²) in [6.45, 7) is 2.53. The molecule has 4 heterocycles. The number of anilines is 1. The SMILES string of the molecule is O=C1CCCN1C1CCN2c3ncc(Cl)cc3OCCC2C1. The van der Waals surface area contributed by atoms with Gasteiger partial charge in [0, 0.05) is 50.3 Å². The summed E-state index contributed by atoms with van der Waals surface area (Å²) in [4.78, 5) is 20.9. The number of amides is 1. The number of hydrogen-bond acceptors (Lipinski definition) is 4. The monoisotopic (exact) mass is 321 g/mol. The maximum atomic E-state index is 12.0. The molecule has 2 fully saturated rings. The van der Waals surface area contributed by atoms with Crippen LogP contribution < -0.4 is 9.64 Å². The van der Waals surface area contributed by atoms with Gasteiger partial charge in [0.1, 0.15) is 0 Å². The molecule has 118 valence electrons. The Bertz CT molecular complexity index is 595. The summed E-state index contributed by atoms with van der Waals surface area (Å²) < 4.78 is 5.83. The molecule has 0 aliphatic carbocycles. The lowest BCUT2D eigenvalue weighted by molar-refractivity contribution is -0.130. The molecule has 0 bridgehead atoms. The first-order chi connectivity index (χ1) is 10.7. The number of ether oxygens (including phenoxy) is 1. The quantitative estimate of drug-likeness (QED) is 0.797. The summed E-state index contributed by atoms with van der Waals surface area (Å²) in [5.41, 5.74) is 0. The van der Waals surface area contributed by atoms with E-state index in [1.54, 1.807) is 6.20 Å². The molecule has 3 aliphatic rings. The van der Waals surface area contributed by atoms with Gasteiger partial charge in [-0.25, -0.2) is 4.98 Å². The van der Waals surface area contributed by atoms with Gasteiger partial charge in [-0.2, -0.15) is 0 Å². The average Bonchev–Trinajstić information content (AvgIpc) is 2.85. The first kappa shape index (κ1) is 14.1. The Kier molecular flexibility index (Phi) is 3.60. The number of piperidine rings is 1. The number of aromatic nitrogens is 1. The van der Waals surface area contributed by atoms with Crippen LogP contribution in [0.4, 0.5) is 5.82 Å². The van der Waals surface area contributed by atoms with Crippen LogP contribution in [0, 0.1) is 0 Å². The Morgan fingerprint density at radius 1 is 1.23 bits per heavy atom. The highest BCUT2D eigenvalue weighted by Gasteiger charge is 2.37. The van der Waals surface area contributed by atoms with Crippen molar-refractivity contribution in [3.63, 3.8) is 0 Å². The average molecular weight is 322 g/mol. The van der Waals surface area contributed by atoms with Gasteiger partial charge in [-0.3, -0.25) is 4.79 Å². The van der Waals surface area contributed by atoms with E-state index in [4.69, 9.17) is 16.3 Å². The number of nitrogens with zero attached hydrogens (tertiary/aromatic N) is 3. The van der Waals surface area contributed by atoms with Crippen LogP contribution in [0.25, 0.3) is 0 Å². The highest BCUT2D eigenvalue weighted by Crippen LogP contribution is 2.37. The van der Waals surface area contributed by atoms with Crippen LogP contribution in [-0.2, 0) is 4.79 Å². The van der Waals surface area contributed by atoms with Gasteiger partial charge in [-0.05, 0) is 19.3 Å². The van der Waals surface area contributed by atoms with Crippen molar-refractivity contribution in [2.75, 3.05) is 24.6 Å². The van der Waals surface area contributed by atoms with Crippen LogP contribution >= 0.6 is 11.6 Å². The van der Waals surface area contributed by atoms with E-state index in [-0.39, 0.29) is 0 Å². The Morgan fingerprint density at radius 3 is 2.91 bits per heavy atom. The lowest BCUT2D eigenvalue weighted by Gasteiger charge is -2.42. The topological polar surface area (TPSA) is 45.7 Å². The van der Waals surface area contributed by atoms with Crippen molar-refractivity contribution in [1.82, 2.24) is 9.88 Å². The molecular weight excluding hydrogens is 302 g/mol. The van der Waals surface area contributed by atoms with E-state index >= 15 is 0 Å². The molecule has 2 saturated heterocycles. The maximum Gasteiger partial charge on any atom is 0.222 e. The van der Waals surface area contributed by atoms with Gasteiger partial charge in [0.15, 0.2) is 11.6 Å². The third kappa shape index (κ3) is 2.41. The number of hydrogen-bond donors (Lipinski definition) is 0. The number of pyridine rings is 1. The van der Waals surface area contributed by atoms with Gasteiger partial charge in [-0.1, -0.05) is 11.6 Å². The number of rotatable bonds is 1. The summed E-state index contributed by atoms with van der Waals surface area (Å²) in [7, 11) is 0. The molecule has 6 heteroatoms. The van der Waals surface area contributed by atoms with Gasteiger partial charge < -0.3 is 14.5 Å². The lowest BCUT2D eigenvalue weighted by atomic mass is 9.94. The summed E-state index contributed by atoms with van der Waals surface area (Å²) in [5, 5.41) is 0.606. The van der Waals surface area contributed by atoms with Crippen molar-refractivity contribution in [2.24, 2.45) is 0 Å². The Hall–Kier alpha value is -1.49. The number of fused-ring (bicyclic) bond motifs is 3. The van der Waals surface area contributed by atoms with Gasteiger partial charge in [0.25, 0.3) is 0 Å². The van der Waals surface area contributed by atoms with E-state index in [1.165, 1.54) is 0 Å². The first-order valence-corrected chi connectivity index (χ1v) is 8.44. The summed E-state index contributed by atoms with van der Waals surface area (Å²) in [6, 6.07) is 2.62. The molecule has 0 radical (unpaired) electrons. The Balaban J connectivity index is 1.56. The van der Waals surface area contributed by atoms with Crippen molar-refractivity contribution < 1.29 is 9.53 Å². The molecule has 2 unspecified atom stereocenters. The van der Waals surface area contributed by atoms with E-state index in [9.17, 15) is 4.79 Å². The maximum absolute atomic E-state index is 12.0. The van der Waals surface area contributed by atoms with Crippen LogP contribution in [0.15, 0.2) is 12.3 Å². The van der Waals surface area contributed by atoms with Crippen molar-refractivity contribution in [1.29, 1.82) is 0 Å². The van der Waals surface area contributed by atoms with E-state index in [2.05, 4.69) is 14.8 Å². The second-order valence-electron chi connectivity index (χ2n) is 6.33. The number of halogens is 1. The molecule has 0 N–H and O–H groups in total. The zero-order valence-electron chi connectivity index (χ0n) is 12.5. The van der Waals surface area contributed by atoms with Crippen LogP contribution in [0.3, 0.4) is 0 Å². The number of carbonyl (C=O) groups excluding carboxylic acids is 1. The molecule has 5 nitrogen and oxygen atoms in total. The van der Waals surface area contributed by atoms with Gasteiger partial charge in [-0.15, -0.1) is 0 Å². The largest absolute Gasteiger partial charge is 0.490 e. The number of carbonyl (C=O) groups is 1. The van der Waals surface area contributed by atoms with E-state index < -0.39 is 0 Å². The van der Waals surface area contributed by atoms with Crippen molar-refractivity contribution >= 4 is 23.3 Å². The highest BCUT2D eigenvalue weighted by molar-refractivity contribution is 6.30. The minimum atomic E-state index is 0.327. The van der Waals surface area contributed by atoms with Crippen LogP contribution in [0.2, 0.25) is 5.02 Å². The summed E-state index contributed by atoms with van der Waals surface area (Å²) >= 11 is 6.03. The molecule has 0 aromatic carbocycles.